The second-order valence-corrected chi connectivity index (χ2v) is 5.32. The fourth-order valence-electron chi connectivity index (χ4n) is 2.33. The Bertz CT molecular complexity index is 476. The maximum atomic E-state index is 10.5. The van der Waals surface area contributed by atoms with E-state index in [1.807, 2.05) is 19.2 Å². The molecule has 0 saturated heterocycles. The van der Waals surface area contributed by atoms with Gasteiger partial charge in [0.05, 0.1) is 6.61 Å². The summed E-state index contributed by atoms with van der Waals surface area (Å²) in [5.41, 5.74) is 2.25. The van der Waals surface area contributed by atoms with Crippen molar-refractivity contribution in [2.75, 3.05) is 20.2 Å². The molecule has 0 fully saturated rings. The van der Waals surface area contributed by atoms with Crippen molar-refractivity contribution in [3.63, 3.8) is 0 Å². The van der Waals surface area contributed by atoms with E-state index in [0.29, 0.717) is 13.0 Å². The van der Waals surface area contributed by atoms with Gasteiger partial charge >= 0.3 is 5.97 Å². The molecule has 0 aromatic heterocycles. The number of carboxylic acids is 1. The van der Waals surface area contributed by atoms with E-state index in [4.69, 9.17) is 21.4 Å². The molecule has 1 aliphatic rings. The van der Waals surface area contributed by atoms with Crippen molar-refractivity contribution in [3.8, 4) is 5.75 Å². The monoisotopic (exact) mass is 283 g/mol. The predicted molar refractivity (Wildman–Crippen MR) is 73.9 cm³/mol. The first-order chi connectivity index (χ1) is 9.06. The summed E-state index contributed by atoms with van der Waals surface area (Å²) in [5.74, 6) is 0.204. The van der Waals surface area contributed by atoms with Crippen molar-refractivity contribution in [3.05, 3.63) is 28.3 Å². The van der Waals surface area contributed by atoms with E-state index in [0.717, 1.165) is 35.8 Å². The Labute approximate surface area is 117 Å². The average molecular weight is 284 g/mol. The third-order valence-electron chi connectivity index (χ3n) is 3.20. The van der Waals surface area contributed by atoms with E-state index in [2.05, 4.69) is 4.90 Å². The first-order valence-electron chi connectivity index (χ1n) is 6.40. The topological polar surface area (TPSA) is 49.8 Å². The van der Waals surface area contributed by atoms with Crippen LogP contribution in [-0.2, 0) is 17.8 Å². The Balaban J connectivity index is 1.97. The number of rotatable bonds is 6. The Hall–Kier alpha value is -1.26. The fraction of sp³-hybridized carbons (Fsp3) is 0.500. The van der Waals surface area contributed by atoms with Crippen molar-refractivity contribution in [2.24, 2.45) is 0 Å². The maximum absolute atomic E-state index is 10.5. The molecule has 1 aromatic carbocycles. The molecular weight excluding hydrogens is 266 g/mol. The van der Waals surface area contributed by atoms with Gasteiger partial charge in [0, 0.05) is 30.0 Å². The number of fused-ring (bicyclic) bond motifs is 1. The SMILES string of the molecule is CN(CCCC(=O)O)Cc1cc(Cl)cc2c1OCC2. The van der Waals surface area contributed by atoms with Crippen LogP contribution < -0.4 is 4.74 Å². The smallest absolute Gasteiger partial charge is 0.303 e. The van der Waals surface area contributed by atoms with Gasteiger partial charge in [-0.05, 0) is 37.7 Å². The van der Waals surface area contributed by atoms with Crippen LogP contribution in [0.1, 0.15) is 24.0 Å². The molecule has 0 atom stereocenters. The van der Waals surface area contributed by atoms with E-state index < -0.39 is 5.97 Å². The van der Waals surface area contributed by atoms with E-state index in [1.165, 1.54) is 5.56 Å². The van der Waals surface area contributed by atoms with Gasteiger partial charge in [0.1, 0.15) is 5.75 Å². The number of nitrogens with zero attached hydrogens (tertiary/aromatic N) is 1. The van der Waals surface area contributed by atoms with E-state index in [1.54, 1.807) is 0 Å². The van der Waals surface area contributed by atoms with E-state index in [-0.39, 0.29) is 6.42 Å². The van der Waals surface area contributed by atoms with Crippen LogP contribution in [0.15, 0.2) is 12.1 Å². The van der Waals surface area contributed by atoms with Crippen molar-refractivity contribution < 1.29 is 14.6 Å². The molecule has 0 amide bonds. The highest BCUT2D eigenvalue weighted by Gasteiger charge is 2.18. The highest BCUT2D eigenvalue weighted by molar-refractivity contribution is 6.30. The summed E-state index contributed by atoms with van der Waals surface area (Å²) in [6, 6.07) is 3.89. The third-order valence-corrected chi connectivity index (χ3v) is 3.41. The van der Waals surface area contributed by atoms with Gasteiger partial charge in [0.25, 0.3) is 0 Å². The van der Waals surface area contributed by atoms with Crippen LogP contribution in [-0.4, -0.2) is 36.2 Å². The molecule has 1 heterocycles. The number of carbonyl (C=O) groups is 1. The number of ether oxygens (including phenoxy) is 1. The number of benzene rings is 1. The van der Waals surface area contributed by atoms with Crippen LogP contribution in [0.5, 0.6) is 5.75 Å². The third kappa shape index (κ3) is 3.85. The molecule has 0 bridgehead atoms. The van der Waals surface area contributed by atoms with Gasteiger partial charge in [-0.25, -0.2) is 0 Å². The van der Waals surface area contributed by atoms with E-state index >= 15 is 0 Å². The lowest BCUT2D eigenvalue weighted by Crippen LogP contribution is -2.20. The predicted octanol–water partition coefficient (Wildman–Crippen LogP) is 2.57. The Morgan fingerprint density at radius 1 is 1.53 bits per heavy atom. The van der Waals surface area contributed by atoms with Gasteiger partial charge in [-0.3, -0.25) is 4.79 Å². The zero-order valence-electron chi connectivity index (χ0n) is 11.0. The number of halogens is 1. The Kier molecular flexibility index (Phi) is 4.66. The standard InChI is InChI=1S/C14H18ClNO3/c1-16(5-2-3-13(17)18)9-11-8-12(15)7-10-4-6-19-14(10)11/h7-8H,2-6,9H2,1H3,(H,17,18). The number of hydrogen-bond acceptors (Lipinski definition) is 3. The molecule has 1 N–H and O–H groups in total. The molecular formula is C14H18ClNO3. The van der Waals surface area contributed by atoms with Gasteiger partial charge < -0.3 is 14.7 Å². The van der Waals surface area contributed by atoms with Crippen LogP contribution in [0, 0.1) is 0 Å². The second kappa shape index (κ2) is 6.26. The summed E-state index contributed by atoms with van der Waals surface area (Å²) < 4.78 is 5.65. The molecule has 1 aromatic rings. The van der Waals surface area contributed by atoms with Crippen LogP contribution in [0.4, 0.5) is 0 Å². The van der Waals surface area contributed by atoms with Crippen LogP contribution in [0.3, 0.4) is 0 Å². The van der Waals surface area contributed by atoms with Crippen LogP contribution in [0.2, 0.25) is 5.02 Å². The molecule has 0 saturated carbocycles. The van der Waals surface area contributed by atoms with Gasteiger partial charge in [0.2, 0.25) is 0 Å². The van der Waals surface area contributed by atoms with Crippen molar-refractivity contribution in [1.29, 1.82) is 0 Å². The summed E-state index contributed by atoms with van der Waals surface area (Å²) in [6.07, 6.45) is 1.76. The molecule has 19 heavy (non-hydrogen) atoms. The minimum atomic E-state index is -0.750. The van der Waals surface area contributed by atoms with Crippen molar-refractivity contribution in [1.82, 2.24) is 4.90 Å². The average Bonchev–Trinajstić information content (AvgIpc) is 2.76. The van der Waals surface area contributed by atoms with Crippen molar-refractivity contribution >= 4 is 17.6 Å². The lowest BCUT2D eigenvalue weighted by atomic mass is 10.1. The molecule has 0 unspecified atom stereocenters. The van der Waals surface area contributed by atoms with Gasteiger partial charge in [-0.2, -0.15) is 0 Å². The number of aliphatic carboxylic acids is 1. The summed E-state index contributed by atoms with van der Waals surface area (Å²) in [6.45, 7) is 2.18. The minimum absolute atomic E-state index is 0.203. The van der Waals surface area contributed by atoms with Gasteiger partial charge in [-0.1, -0.05) is 11.6 Å². The van der Waals surface area contributed by atoms with Crippen LogP contribution >= 0.6 is 11.6 Å². The molecule has 104 valence electrons. The molecule has 0 aliphatic carbocycles. The lowest BCUT2D eigenvalue weighted by molar-refractivity contribution is -0.137. The lowest BCUT2D eigenvalue weighted by Gasteiger charge is -2.18. The van der Waals surface area contributed by atoms with Gasteiger partial charge in [0.15, 0.2) is 0 Å². The summed E-state index contributed by atoms with van der Waals surface area (Å²) >= 11 is 6.11. The van der Waals surface area contributed by atoms with E-state index in [9.17, 15) is 4.79 Å². The molecule has 2 rings (SSSR count). The van der Waals surface area contributed by atoms with Crippen molar-refractivity contribution in [2.45, 2.75) is 25.8 Å². The first kappa shape index (κ1) is 14.2. The highest BCUT2D eigenvalue weighted by Crippen LogP contribution is 2.33. The zero-order valence-corrected chi connectivity index (χ0v) is 11.7. The Morgan fingerprint density at radius 3 is 3.05 bits per heavy atom. The molecule has 1 aliphatic heterocycles. The molecule has 4 nitrogen and oxygen atoms in total. The molecule has 5 heteroatoms. The zero-order chi connectivity index (χ0) is 13.8. The highest BCUT2D eigenvalue weighted by atomic mass is 35.5. The fourth-order valence-corrected chi connectivity index (χ4v) is 2.60. The molecule has 0 spiro atoms. The second-order valence-electron chi connectivity index (χ2n) is 4.89. The maximum Gasteiger partial charge on any atom is 0.303 e. The summed E-state index contributed by atoms with van der Waals surface area (Å²) in [4.78, 5) is 12.6. The Morgan fingerprint density at radius 2 is 2.32 bits per heavy atom. The normalized spacial score (nSPS) is 13.4. The summed E-state index contributed by atoms with van der Waals surface area (Å²) in [5, 5.41) is 9.36. The van der Waals surface area contributed by atoms with Crippen LogP contribution in [0.25, 0.3) is 0 Å². The number of carboxylic acid groups (broad SMARTS) is 1. The quantitative estimate of drug-likeness (QED) is 0.872. The number of hydrogen-bond donors (Lipinski definition) is 1. The summed E-state index contributed by atoms with van der Waals surface area (Å²) in [7, 11) is 1.98. The first-order valence-corrected chi connectivity index (χ1v) is 6.78. The minimum Gasteiger partial charge on any atom is -0.493 e. The van der Waals surface area contributed by atoms with Gasteiger partial charge in [-0.15, -0.1) is 0 Å². The largest absolute Gasteiger partial charge is 0.493 e. The molecule has 0 radical (unpaired) electrons.